The first kappa shape index (κ1) is 8.30. The zero-order valence-electron chi connectivity index (χ0n) is 5.67. The maximum Gasteiger partial charge on any atom is 0.180 e. The van der Waals surface area contributed by atoms with Gasteiger partial charge in [-0.25, -0.2) is 17.6 Å². The van der Waals surface area contributed by atoms with Gasteiger partial charge >= 0.3 is 0 Å². The van der Waals surface area contributed by atoms with Gasteiger partial charge in [0.2, 0.25) is 0 Å². The highest BCUT2D eigenvalue weighted by Gasteiger charge is 2.36. The fourth-order valence-electron chi connectivity index (χ4n) is 0.711. The average molecular weight is 165 g/mol. The molecule has 0 amide bonds. The summed E-state index contributed by atoms with van der Waals surface area (Å²) in [5.41, 5.74) is -2.55. The summed E-state index contributed by atoms with van der Waals surface area (Å²) >= 11 is 0. The summed E-state index contributed by atoms with van der Waals surface area (Å²) in [4.78, 5) is 0. The summed E-state index contributed by atoms with van der Waals surface area (Å²) in [6.45, 7) is 0.792. The van der Waals surface area contributed by atoms with Crippen LogP contribution in [0.25, 0.3) is 0 Å². The molecule has 0 aromatic heterocycles. The molecular weight excluding hydrogens is 160 g/mol. The van der Waals surface area contributed by atoms with Gasteiger partial charge in [0, 0.05) is 0 Å². The molecule has 1 aliphatic rings. The van der Waals surface area contributed by atoms with E-state index in [2.05, 4.69) is 0 Å². The topological polar surface area (TPSA) is 0 Å². The van der Waals surface area contributed by atoms with E-state index in [9.17, 15) is 17.6 Å². The van der Waals surface area contributed by atoms with Crippen molar-refractivity contribution in [2.24, 2.45) is 0 Å². The quantitative estimate of drug-likeness (QED) is 0.484. The molecule has 0 bridgehead atoms. The predicted molar refractivity (Wildman–Crippen MR) is 31.5 cm³/mol. The Balaban J connectivity index is 3.04. The second-order valence-electron chi connectivity index (χ2n) is 2.41. The molecule has 0 N–H and O–H groups in total. The molecule has 61 valence electrons. The second kappa shape index (κ2) is 2.36. The molecule has 0 spiro atoms. The monoisotopic (exact) mass is 165 g/mol. The van der Waals surface area contributed by atoms with E-state index in [1.165, 1.54) is 0 Å². The van der Waals surface area contributed by atoms with Gasteiger partial charge in [0.1, 0.15) is 0 Å². The molecule has 11 heavy (non-hydrogen) atoms. The molecular formula is C7H5F4. The van der Waals surface area contributed by atoms with Crippen LogP contribution in [0.3, 0.4) is 0 Å². The smallest absolute Gasteiger partial charge is 0.180 e. The minimum Gasteiger partial charge on any atom is -0.234 e. The summed E-state index contributed by atoms with van der Waals surface area (Å²) in [5.74, 6) is -3.43. The van der Waals surface area contributed by atoms with Crippen LogP contribution in [0.5, 0.6) is 0 Å². The van der Waals surface area contributed by atoms with Crippen molar-refractivity contribution >= 4 is 0 Å². The molecule has 0 saturated carbocycles. The molecule has 0 heterocycles. The highest BCUT2D eigenvalue weighted by molar-refractivity contribution is 5.28. The lowest BCUT2D eigenvalue weighted by molar-refractivity contribution is 0.220. The fourth-order valence-corrected chi connectivity index (χ4v) is 0.711. The van der Waals surface area contributed by atoms with Gasteiger partial charge < -0.3 is 0 Å². The van der Waals surface area contributed by atoms with E-state index in [-0.39, 0.29) is 0 Å². The highest BCUT2D eigenvalue weighted by Crippen LogP contribution is 2.34. The Morgan fingerprint density at radius 1 is 1.55 bits per heavy atom. The summed E-state index contributed by atoms with van der Waals surface area (Å²) in [7, 11) is 0. The summed E-state index contributed by atoms with van der Waals surface area (Å²) in [5, 5.41) is 0. The maximum absolute atomic E-state index is 12.7. The van der Waals surface area contributed by atoms with Crippen molar-refractivity contribution in [2.75, 3.05) is 0 Å². The molecule has 0 aromatic rings. The van der Waals surface area contributed by atoms with Crippen molar-refractivity contribution in [3.8, 4) is 0 Å². The molecule has 1 aliphatic carbocycles. The Bertz CT molecular complexity index is 227. The third-order valence-corrected chi connectivity index (χ3v) is 1.36. The average Bonchev–Trinajstić information content (AvgIpc) is 1.95. The Labute approximate surface area is 61.2 Å². The largest absolute Gasteiger partial charge is 0.234 e. The van der Waals surface area contributed by atoms with Crippen LogP contribution < -0.4 is 0 Å². The lowest BCUT2D eigenvalue weighted by Gasteiger charge is -2.18. The number of hydrogen-bond acceptors (Lipinski definition) is 0. The van der Waals surface area contributed by atoms with Crippen molar-refractivity contribution in [1.82, 2.24) is 0 Å². The molecule has 0 saturated heterocycles. The van der Waals surface area contributed by atoms with Crippen molar-refractivity contribution < 1.29 is 17.6 Å². The van der Waals surface area contributed by atoms with Crippen molar-refractivity contribution in [3.05, 3.63) is 23.8 Å². The molecule has 1 radical (unpaired) electrons. The number of allylic oxidation sites excluding steroid dienone is 4. The molecule has 4 heteroatoms. The zero-order chi connectivity index (χ0) is 8.65. The molecule has 0 aliphatic heterocycles. The van der Waals surface area contributed by atoms with Crippen molar-refractivity contribution in [1.29, 1.82) is 0 Å². The van der Waals surface area contributed by atoms with Crippen LogP contribution in [0.4, 0.5) is 17.6 Å². The minimum atomic E-state index is -2.55. The van der Waals surface area contributed by atoms with Crippen molar-refractivity contribution in [3.63, 3.8) is 0 Å². The SMILES string of the molecule is CC1(F)C=[C]C(F)C(F)=C1F. The Morgan fingerprint density at radius 3 is 2.55 bits per heavy atom. The van der Waals surface area contributed by atoms with Gasteiger partial charge in [0.05, 0.1) is 0 Å². The lowest BCUT2D eigenvalue weighted by Crippen LogP contribution is -2.23. The first-order valence-electron chi connectivity index (χ1n) is 2.94. The Kier molecular flexibility index (Phi) is 1.78. The van der Waals surface area contributed by atoms with E-state index in [1.807, 2.05) is 0 Å². The zero-order valence-corrected chi connectivity index (χ0v) is 5.67. The van der Waals surface area contributed by atoms with Crippen LogP contribution in [0.2, 0.25) is 0 Å². The molecule has 0 fully saturated rings. The van der Waals surface area contributed by atoms with Crippen LogP contribution >= 0.6 is 0 Å². The van der Waals surface area contributed by atoms with E-state index in [0.29, 0.717) is 6.08 Å². The summed E-state index contributed by atoms with van der Waals surface area (Å²) in [6.07, 6.45) is -0.0143. The number of alkyl halides is 2. The molecule has 0 aromatic carbocycles. The van der Waals surface area contributed by atoms with E-state index < -0.39 is 23.5 Å². The standard InChI is InChI=1S/C7H5F4/c1-7(11)3-2-4(8)5(9)6(7)10/h3-4H,1H3. The Hall–Kier alpha value is -0.800. The van der Waals surface area contributed by atoms with Crippen LogP contribution in [0.15, 0.2) is 17.7 Å². The van der Waals surface area contributed by atoms with Gasteiger partial charge in [-0.05, 0) is 19.1 Å². The fraction of sp³-hybridized carbons (Fsp3) is 0.429. The van der Waals surface area contributed by atoms with E-state index in [4.69, 9.17) is 0 Å². The molecule has 2 atom stereocenters. The summed E-state index contributed by atoms with van der Waals surface area (Å²) < 4.78 is 49.6. The van der Waals surface area contributed by atoms with Gasteiger partial charge in [0.15, 0.2) is 23.5 Å². The third kappa shape index (κ3) is 1.29. The normalized spacial score (nSPS) is 38.1. The van der Waals surface area contributed by atoms with Crippen molar-refractivity contribution in [2.45, 2.75) is 18.8 Å². The summed E-state index contributed by atoms with van der Waals surface area (Å²) in [6, 6.07) is 0. The van der Waals surface area contributed by atoms with E-state index >= 15 is 0 Å². The van der Waals surface area contributed by atoms with E-state index in [1.54, 1.807) is 6.08 Å². The number of rotatable bonds is 0. The molecule has 0 nitrogen and oxygen atoms in total. The first-order chi connectivity index (χ1) is 4.95. The van der Waals surface area contributed by atoms with Gasteiger partial charge in [-0.1, -0.05) is 0 Å². The maximum atomic E-state index is 12.7. The van der Waals surface area contributed by atoms with Crippen LogP contribution in [-0.4, -0.2) is 11.8 Å². The van der Waals surface area contributed by atoms with Gasteiger partial charge in [-0.15, -0.1) is 0 Å². The van der Waals surface area contributed by atoms with Crippen LogP contribution in [0, 0.1) is 6.08 Å². The predicted octanol–water partition coefficient (Wildman–Crippen LogP) is 2.58. The lowest BCUT2D eigenvalue weighted by atomic mass is 9.99. The second-order valence-corrected chi connectivity index (χ2v) is 2.41. The van der Waals surface area contributed by atoms with Gasteiger partial charge in [0.25, 0.3) is 0 Å². The van der Waals surface area contributed by atoms with Crippen LogP contribution in [0.1, 0.15) is 6.92 Å². The number of hydrogen-bond donors (Lipinski definition) is 0. The van der Waals surface area contributed by atoms with E-state index in [0.717, 1.165) is 6.92 Å². The first-order valence-corrected chi connectivity index (χ1v) is 2.94. The molecule has 1 rings (SSSR count). The minimum absolute atomic E-state index is 0.538. The highest BCUT2D eigenvalue weighted by atomic mass is 19.2. The third-order valence-electron chi connectivity index (χ3n) is 1.36. The Morgan fingerprint density at radius 2 is 2.09 bits per heavy atom. The number of halogens is 4. The van der Waals surface area contributed by atoms with Gasteiger partial charge in [-0.2, -0.15) is 0 Å². The van der Waals surface area contributed by atoms with Gasteiger partial charge in [-0.3, -0.25) is 0 Å². The van der Waals surface area contributed by atoms with Crippen LogP contribution in [-0.2, 0) is 0 Å². The molecule has 2 unspecified atom stereocenters.